The van der Waals surface area contributed by atoms with E-state index in [1.165, 1.54) is 24.3 Å². The van der Waals surface area contributed by atoms with Crippen molar-refractivity contribution in [3.8, 4) is 0 Å². The van der Waals surface area contributed by atoms with E-state index in [0.717, 1.165) is 4.31 Å². The number of nitrogens with zero attached hydrogens (tertiary/aromatic N) is 1. The third-order valence-electron chi connectivity index (χ3n) is 5.95. The summed E-state index contributed by atoms with van der Waals surface area (Å²) in [6.45, 7) is 3.66. The monoisotopic (exact) mass is 623 g/mol. The normalized spacial score (nSPS) is 17.3. The van der Waals surface area contributed by atoms with Crippen LogP contribution in [0.1, 0.15) is 25.8 Å². The molecule has 1 fully saturated rings. The van der Waals surface area contributed by atoms with Crippen molar-refractivity contribution in [2.24, 2.45) is 5.92 Å². The van der Waals surface area contributed by atoms with E-state index in [4.69, 9.17) is 19.7 Å². The van der Waals surface area contributed by atoms with Crippen LogP contribution in [0.5, 0.6) is 0 Å². The van der Waals surface area contributed by atoms with Crippen molar-refractivity contribution >= 4 is 67.4 Å². The van der Waals surface area contributed by atoms with Gasteiger partial charge < -0.3 is 39.4 Å². The van der Waals surface area contributed by atoms with Crippen molar-refractivity contribution in [2.45, 2.75) is 49.8 Å². The van der Waals surface area contributed by atoms with Gasteiger partial charge in [0.1, 0.15) is 6.10 Å². The van der Waals surface area contributed by atoms with Crippen LogP contribution in [-0.2, 0) is 35.0 Å². The van der Waals surface area contributed by atoms with Gasteiger partial charge in [0.2, 0.25) is 10.0 Å². The molecule has 2 aromatic carbocycles. The summed E-state index contributed by atoms with van der Waals surface area (Å²) in [5.41, 5.74) is 6.75. The number of anilines is 1. The summed E-state index contributed by atoms with van der Waals surface area (Å²) in [5, 5.41) is 2.59. The molecule has 0 spiro atoms. The van der Waals surface area contributed by atoms with Gasteiger partial charge >= 0.3 is 43.8 Å². The summed E-state index contributed by atoms with van der Waals surface area (Å²) in [7, 11) is -9.80. The second kappa shape index (κ2) is 15.8. The maximum Gasteiger partial charge on any atom is 2.00 e. The van der Waals surface area contributed by atoms with Crippen LogP contribution >= 0.6 is 7.82 Å². The first-order chi connectivity index (χ1) is 18.3. The number of rotatable bonds is 13. The van der Waals surface area contributed by atoms with Gasteiger partial charge in [0.15, 0.2) is 0 Å². The fraction of sp³-hybridized carbons (Fsp3) is 0.480. The first-order valence-electron chi connectivity index (χ1n) is 12.5. The molecule has 0 unspecified atom stereocenters. The third-order valence-corrected chi connectivity index (χ3v) is 8.32. The SMILES string of the molecule is CC(C)CN(C[C@H](OP(=O)([O-])[O-])[C@@H](Cc1ccccc1)NC(=O)O[C@@H]1CCOC1)S(=O)(=O)c1ccc(N)cc1.[Ca+2]. The number of carbonyl (C=O) groups is 1. The smallest absolute Gasteiger partial charge is 0.790 e. The zero-order valence-electron chi connectivity index (χ0n) is 22.5. The molecule has 0 aromatic heterocycles. The zero-order valence-corrected chi connectivity index (χ0v) is 26.4. The Labute approximate surface area is 264 Å². The number of nitrogens with one attached hydrogen (secondary N) is 1. The molecule has 2 aromatic rings. The number of phosphoric acid groups is 1. The first-order valence-corrected chi connectivity index (χ1v) is 15.4. The van der Waals surface area contributed by atoms with Crippen molar-refractivity contribution in [3.63, 3.8) is 0 Å². The quantitative estimate of drug-likeness (QED) is 0.184. The van der Waals surface area contributed by atoms with Gasteiger partial charge in [-0.1, -0.05) is 44.2 Å². The predicted molar refractivity (Wildman–Crippen MR) is 145 cm³/mol. The molecule has 1 saturated heterocycles. The van der Waals surface area contributed by atoms with Crippen LogP contribution in [0, 0.1) is 5.92 Å². The van der Waals surface area contributed by atoms with Crippen LogP contribution in [0.15, 0.2) is 59.5 Å². The van der Waals surface area contributed by atoms with E-state index in [-0.39, 0.29) is 68.1 Å². The summed E-state index contributed by atoms with van der Waals surface area (Å²) in [6.07, 6.45) is -2.41. The molecule has 3 atom stereocenters. The number of carbonyl (C=O) groups excluding carboxylic acids is 1. The molecule has 3 rings (SSSR count). The van der Waals surface area contributed by atoms with Gasteiger partial charge in [0.05, 0.1) is 38.1 Å². The molecule has 0 radical (unpaired) electrons. The molecule has 1 aliphatic heterocycles. The zero-order chi connectivity index (χ0) is 28.6. The van der Waals surface area contributed by atoms with Crippen LogP contribution < -0.4 is 20.8 Å². The number of nitrogens with two attached hydrogens (primary N) is 1. The molecule has 1 amide bonds. The number of hydrogen-bond donors (Lipinski definition) is 2. The summed E-state index contributed by atoms with van der Waals surface area (Å²) in [4.78, 5) is 36.4. The largest absolute Gasteiger partial charge is 2.00 e. The van der Waals surface area contributed by atoms with Gasteiger partial charge in [0, 0.05) is 25.2 Å². The molecule has 0 saturated carbocycles. The molecular formula is C25H34CaN3O9PS. The Balaban J connectivity index is 0.00000560. The first kappa shape index (κ1) is 34.9. The van der Waals surface area contributed by atoms with Gasteiger partial charge in [-0.3, -0.25) is 0 Å². The number of nitrogen functional groups attached to an aromatic ring is 1. The third kappa shape index (κ3) is 11.2. The fourth-order valence-corrected chi connectivity index (χ4v) is 6.31. The van der Waals surface area contributed by atoms with Crippen molar-refractivity contribution in [1.29, 1.82) is 0 Å². The Morgan fingerprint density at radius 1 is 1.15 bits per heavy atom. The van der Waals surface area contributed by atoms with Gasteiger partial charge in [-0.15, -0.1) is 0 Å². The topological polar surface area (TPSA) is 183 Å². The molecule has 12 nitrogen and oxygen atoms in total. The molecular weight excluding hydrogens is 589 g/mol. The Kier molecular flexibility index (Phi) is 13.8. The van der Waals surface area contributed by atoms with E-state index in [9.17, 15) is 27.6 Å². The van der Waals surface area contributed by atoms with Crippen LogP contribution in [-0.4, -0.2) is 101 Å². The molecule has 15 heteroatoms. The van der Waals surface area contributed by atoms with Crippen LogP contribution in [0.4, 0.5) is 10.5 Å². The van der Waals surface area contributed by atoms with Gasteiger partial charge in [0.25, 0.3) is 0 Å². The minimum absolute atomic E-state index is 0. The molecule has 1 heterocycles. The molecule has 0 bridgehead atoms. The summed E-state index contributed by atoms with van der Waals surface area (Å²) >= 11 is 0. The van der Waals surface area contributed by atoms with Crippen molar-refractivity contribution in [1.82, 2.24) is 9.62 Å². The molecule has 216 valence electrons. The number of amides is 1. The van der Waals surface area contributed by atoms with Crippen molar-refractivity contribution < 1.29 is 41.6 Å². The van der Waals surface area contributed by atoms with Crippen LogP contribution in [0.3, 0.4) is 0 Å². The summed E-state index contributed by atoms with van der Waals surface area (Å²) < 4.78 is 55.6. The summed E-state index contributed by atoms with van der Waals surface area (Å²) in [6, 6.07) is 13.1. The predicted octanol–water partition coefficient (Wildman–Crippen LogP) is 0.875. The maximum absolute atomic E-state index is 13.6. The second-order valence-electron chi connectivity index (χ2n) is 9.71. The molecule has 40 heavy (non-hydrogen) atoms. The van der Waals surface area contributed by atoms with Gasteiger partial charge in [-0.05, 0) is 42.2 Å². The molecule has 0 aliphatic carbocycles. The molecule has 3 N–H and O–H groups in total. The van der Waals surface area contributed by atoms with Crippen LogP contribution in [0.2, 0.25) is 0 Å². The van der Waals surface area contributed by atoms with E-state index in [2.05, 4.69) is 5.32 Å². The minimum Gasteiger partial charge on any atom is -0.790 e. The van der Waals surface area contributed by atoms with Crippen LogP contribution in [0.25, 0.3) is 0 Å². The Hall–Kier alpha value is -1.25. The van der Waals surface area contributed by atoms with Crippen molar-refractivity contribution in [3.05, 3.63) is 60.2 Å². The van der Waals surface area contributed by atoms with E-state index in [0.29, 0.717) is 24.3 Å². The summed E-state index contributed by atoms with van der Waals surface area (Å²) in [5.74, 6) is -0.173. The number of sulfonamides is 1. The Bertz CT molecular complexity index is 1220. The number of ether oxygens (including phenoxy) is 2. The van der Waals surface area contributed by atoms with E-state index >= 15 is 0 Å². The van der Waals surface area contributed by atoms with E-state index in [1.807, 2.05) is 0 Å². The van der Waals surface area contributed by atoms with E-state index in [1.54, 1.807) is 44.2 Å². The number of hydrogen-bond acceptors (Lipinski definition) is 10. The Morgan fingerprint density at radius 2 is 1.80 bits per heavy atom. The number of phosphoric ester groups is 1. The number of alkyl carbamates (subject to hydrolysis) is 1. The number of benzene rings is 2. The van der Waals surface area contributed by atoms with Crippen molar-refractivity contribution in [2.75, 3.05) is 32.0 Å². The fourth-order valence-electron chi connectivity index (χ4n) is 4.15. The Morgan fingerprint density at radius 3 is 2.35 bits per heavy atom. The average Bonchev–Trinajstić information content (AvgIpc) is 3.35. The average molecular weight is 624 g/mol. The standard InChI is InChI=1S/C25H36N3O9PS.Ca/c1-18(2)15-28(39(33,34)22-10-8-20(26)9-11-22)16-24(37-38(30,31)32)23(14-19-6-4-3-5-7-19)27-25(29)36-21-12-13-35-17-21;/h3-11,18,21,23-24H,12-17,26H2,1-2H3,(H,27,29)(H2,30,31,32);/q;+2/p-2/t21-,23-,24+;/m1./s1. The maximum atomic E-state index is 13.6. The molecule has 1 aliphatic rings. The van der Waals surface area contributed by atoms with E-state index < -0.39 is 48.7 Å². The van der Waals surface area contributed by atoms with Gasteiger partial charge in [-0.25, -0.2) is 13.2 Å². The minimum atomic E-state index is -5.62. The second-order valence-corrected chi connectivity index (χ2v) is 12.8. The van der Waals surface area contributed by atoms with Gasteiger partial charge in [-0.2, -0.15) is 4.31 Å².